The zero-order valence-corrected chi connectivity index (χ0v) is 22.6. The van der Waals surface area contributed by atoms with Gasteiger partial charge in [0.15, 0.2) is 15.8 Å². The summed E-state index contributed by atoms with van der Waals surface area (Å²) < 4.78 is 12.9. The van der Waals surface area contributed by atoms with Gasteiger partial charge in [-0.25, -0.2) is 0 Å². The average Bonchev–Trinajstić information content (AvgIpc) is 3.08. The van der Waals surface area contributed by atoms with Crippen LogP contribution < -0.4 is 14.4 Å². The Kier molecular flexibility index (Phi) is 8.22. The minimum absolute atomic E-state index is 0.230. The summed E-state index contributed by atoms with van der Waals surface area (Å²) >= 11 is 22.8. The van der Waals surface area contributed by atoms with E-state index < -0.39 is 0 Å². The molecule has 34 heavy (non-hydrogen) atoms. The van der Waals surface area contributed by atoms with Crippen LogP contribution in [0.5, 0.6) is 11.5 Å². The molecule has 1 amide bonds. The Balaban J connectivity index is 1.61. The van der Waals surface area contributed by atoms with Crippen LogP contribution in [0.2, 0.25) is 10.0 Å². The Hall–Kier alpha value is -2.03. The first kappa shape index (κ1) is 25.1. The van der Waals surface area contributed by atoms with Crippen molar-refractivity contribution in [1.29, 1.82) is 0 Å². The van der Waals surface area contributed by atoms with Gasteiger partial charge < -0.3 is 9.47 Å². The number of amides is 1. The molecule has 3 aromatic carbocycles. The summed E-state index contributed by atoms with van der Waals surface area (Å²) in [5, 5.41) is 0.887. The fraction of sp³-hybridized carbons (Fsp3) is 0.120. The summed E-state index contributed by atoms with van der Waals surface area (Å²) in [6.45, 7) is 2.68. The molecule has 1 aliphatic heterocycles. The van der Waals surface area contributed by atoms with E-state index in [0.29, 0.717) is 55.2 Å². The Bertz CT molecular complexity index is 1280. The second-order valence-corrected chi connectivity index (χ2v) is 10.5. The van der Waals surface area contributed by atoms with Crippen LogP contribution in [0.25, 0.3) is 6.08 Å². The van der Waals surface area contributed by atoms with Crippen LogP contribution in [0.4, 0.5) is 5.69 Å². The number of carbonyl (C=O) groups is 1. The fourth-order valence-corrected chi connectivity index (χ4v) is 5.26. The number of ether oxygens (including phenoxy) is 2. The number of halogens is 3. The normalized spacial score (nSPS) is 14.7. The van der Waals surface area contributed by atoms with Gasteiger partial charge in [-0.2, -0.15) is 0 Å². The Morgan fingerprint density at radius 1 is 1.06 bits per heavy atom. The molecule has 3 aromatic rings. The number of thiocarbonyl (C=S) groups is 1. The van der Waals surface area contributed by atoms with Crippen LogP contribution in [-0.4, -0.2) is 16.8 Å². The zero-order valence-electron chi connectivity index (χ0n) is 17.9. The van der Waals surface area contributed by atoms with E-state index in [-0.39, 0.29) is 5.91 Å². The lowest BCUT2D eigenvalue weighted by Gasteiger charge is -2.15. The highest BCUT2D eigenvalue weighted by Gasteiger charge is 2.33. The maximum atomic E-state index is 13.1. The predicted molar refractivity (Wildman–Crippen MR) is 148 cm³/mol. The van der Waals surface area contributed by atoms with E-state index in [1.165, 1.54) is 16.7 Å². The first-order valence-corrected chi connectivity index (χ1v) is 13.0. The van der Waals surface area contributed by atoms with Crippen molar-refractivity contribution in [1.82, 2.24) is 0 Å². The van der Waals surface area contributed by atoms with Gasteiger partial charge in [-0.15, -0.1) is 0 Å². The van der Waals surface area contributed by atoms with Gasteiger partial charge in [0, 0.05) is 4.47 Å². The van der Waals surface area contributed by atoms with Crippen LogP contribution in [0, 0.1) is 0 Å². The standard InChI is InChI=1S/C25H18BrCl2NO3S2/c1-2-31-21-11-16(10-20(28)23(21)32-14-15-6-4-3-5-7-15)12-22-24(30)29(25(33)34-22)17-8-9-18(26)19(27)13-17/h3-13H,2,14H2,1H3/b22-12-. The van der Waals surface area contributed by atoms with E-state index in [2.05, 4.69) is 15.9 Å². The Morgan fingerprint density at radius 2 is 1.82 bits per heavy atom. The molecular weight excluding hydrogens is 577 g/mol. The lowest BCUT2D eigenvalue weighted by atomic mass is 10.1. The van der Waals surface area contributed by atoms with E-state index >= 15 is 0 Å². The van der Waals surface area contributed by atoms with Crippen molar-refractivity contribution in [3.8, 4) is 11.5 Å². The number of anilines is 1. The van der Waals surface area contributed by atoms with Crippen molar-refractivity contribution in [3.63, 3.8) is 0 Å². The third-order valence-corrected chi connectivity index (χ3v) is 7.63. The predicted octanol–water partition coefficient (Wildman–Crippen LogP) is 8.14. The van der Waals surface area contributed by atoms with Crippen LogP contribution in [-0.2, 0) is 11.4 Å². The van der Waals surface area contributed by atoms with Crippen LogP contribution >= 0.6 is 63.1 Å². The average molecular weight is 595 g/mol. The second-order valence-electron chi connectivity index (χ2n) is 7.15. The summed E-state index contributed by atoms with van der Waals surface area (Å²) in [4.78, 5) is 15.1. The van der Waals surface area contributed by atoms with E-state index in [4.69, 9.17) is 44.9 Å². The molecule has 0 atom stereocenters. The van der Waals surface area contributed by atoms with Gasteiger partial charge in [0.2, 0.25) is 0 Å². The number of benzene rings is 3. The van der Waals surface area contributed by atoms with Crippen molar-refractivity contribution in [2.75, 3.05) is 11.5 Å². The molecule has 1 aliphatic rings. The van der Waals surface area contributed by atoms with E-state index in [1.54, 1.807) is 36.4 Å². The summed E-state index contributed by atoms with van der Waals surface area (Å²) in [6.07, 6.45) is 1.75. The van der Waals surface area contributed by atoms with Crippen molar-refractivity contribution >= 4 is 85.1 Å². The molecule has 0 radical (unpaired) electrons. The molecule has 0 spiro atoms. The van der Waals surface area contributed by atoms with E-state index in [9.17, 15) is 4.79 Å². The summed E-state index contributed by atoms with van der Waals surface area (Å²) in [6, 6.07) is 18.6. The summed E-state index contributed by atoms with van der Waals surface area (Å²) in [5.41, 5.74) is 2.33. The maximum Gasteiger partial charge on any atom is 0.270 e. The quantitative estimate of drug-likeness (QED) is 0.204. The molecular formula is C25H18BrCl2NO3S2. The Labute approximate surface area is 226 Å². The van der Waals surface area contributed by atoms with Crippen LogP contribution in [0.15, 0.2) is 70.0 Å². The molecule has 4 nitrogen and oxygen atoms in total. The monoisotopic (exact) mass is 593 g/mol. The highest BCUT2D eigenvalue weighted by Crippen LogP contribution is 2.41. The van der Waals surface area contributed by atoms with Crippen LogP contribution in [0.1, 0.15) is 18.1 Å². The molecule has 1 saturated heterocycles. The van der Waals surface area contributed by atoms with Crippen molar-refractivity contribution in [2.24, 2.45) is 0 Å². The number of hydrogen-bond acceptors (Lipinski definition) is 5. The number of nitrogens with zero attached hydrogens (tertiary/aromatic N) is 1. The first-order chi connectivity index (χ1) is 16.4. The lowest BCUT2D eigenvalue weighted by molar-refractivity contribution is -0.113. The number of carbonyl (C=O) groups excluding carboxylic acids is 1. The molecule has 1 heterocycles. The third kappa shape index (κ3) is 5.61. The third-order valence-electron chi connectivity index (χ3n) is 4.81. The van der Waals surface area contributed by atoms with Gasteiger partial charge in [-0.3, -0.25) is 9.69 Å². The van der Waals surface area contributed by atoms with Gasteiger partial charge in [0.25, 0.3) is 5.91 Å². The van der Waals surface area contributed by atoms with Gasteiger partial charge in [-0.1, -0.05) is 77.5 Å². The number of hydrogen-bond donors (Lipinski definition) is 0. The van der Waals surface area contributed by atoms with Crippen molar-refractivity contribution in [3.05, 3.63) is 91.2 Å². The summed E-state index contributed by atoms with van der Waals surface area (Å²) in [7, 11) is 0. The molecule has 0 N–H and O–H groups in total. The SMILES string of the molecule is CCOc1cc(/C=C2\SC(=S)N(c3ccc(Br)c(Cl)c3)C2=O)cc(Cl)c1OCc1ccccc1. The van der Waals surface area contributed by atoms with Crippen molar-refractivity contribution in [2.45, 2.75) is 13.5 Å². The van der Waals surface area contributed by atoms with Gasteiger partial charge in [-0.05, 0) is 70.4 Å². The first-order valence-electron chi connectivity index (χ1n) is 10.2. The maximum absolute atomic E-state index is 13.1. The topological polar surface area (TPSA) is 38.8 Å². The lowest BCUT2D eigenvalue weighted by Crippen LogP contribution is -2.27. The molecule has 1 fully saturated rings. The molecule has 0 aromatic heterocycles. The van der Waals surface area contributed by atoms with E-state index in [1.807, 2.05) is 37.3 Å². The molecule has 4 rings (SSSR count). The van der Waals surface area contributed by atoms with Crippen molar-refractivity contribution < 1.29 is 14.3 Å². The fourth-order valence-electron chi connectivity index (χ4n) is 3.27. The molecule has 9 heteroatoms. The molecule has 0 aliphatic carbocycles. The highest BCUT2D eigenvalue weighted by atomic mass is 79.9. The number of rotatable bonds is 7. The summed E-state index contributed by atoms with van der Waals surface area (Å²) in [5.74, 6) is 0.737. The molecule has 0 bridgehead atoms. The minimum Gasteiger partial charge on any atom is -0.490 e. The molecule has 0 unspecified atom stereocenters. The van der Waals surface area contributed by atoms with E-state index in [0.717, 1.165) is 10.0 Å². The van der Waals surface area contributed by atoms with Gasteiger partial charge in [0.05, 0.1) is 27.2 Å². The largest absolute Gasteiger partial charge is 0.490 e. The van der Waals surface area contributed by atoms with Crippen LogP contribution in [0.3, 0.4) is 0 Å². The molecule has 0 saturated carbocycles. The second kappa shape index (κ2) is 11.1. The van der Waals surface area contributed by atoms with Gasteiger partial charge >= 0.3 is 0 Å². The number of thioether (sulfide) groups is 1. The van der Waals surface area contributed by atoms with Gasteiger partial charge in [0.1, 0.15) is 6.61 Å². The smallest absolute Gasteiger partial charge is 0.270 e. The zero-order chi connectivity index (χ0) is 24.2. The Morgan fingerprint density at radius 3 is 2.53 bits per heavy atom. The minimum atomic E-state index is -0.230. The highest BCUT2D eigenvalue weighted by molar-refractivity contribution is 9.10. The molecule has 174 valence electrons.